The van der Waals surface area contributed by atoms with Crippen LogP contribution in [0.1, 0.15) is 0 Å². The lowest BCUT2D eigenvalue weighted by Gasteiger charge is -2.10. The van der Waals surface area contributed by atoms with E-state index in [2.05, 4.69) is 0 Å². The van der Waals surface area contributed by atoms with Crippen LogP contribution in [0.25, 0.3) is 21.9 Å². The van der Waals surface area contributed by atoms with Gasteiger partial charge >= 0.3 is 0 Å². The van der Waals surface area contributed by atoms with Crippen LogP contribution < -0.4 is 0 Å². The highest BCUT2D eigenvalue weighted by Gasteiger charge is 2.12. The molecule has 0 amide bonds. The van der Waals surface area contributed by atoms with E-state index in [9.17, 15) is 4.39 Å². The first-order chi connectivity index (χ1) is 9.58. The van der Waals surface area contributed by atoms with Crippen LogP contribution in [0.5, 0.6) is 0 Å². The summed E-state index contributed by atoms with van der Waals surface area (Å²) in [5.41, 5.74) is 1.47. The number of benzene rings is 3. The molecule has 0 N–H and O–H groups in total. The first-order valence-corrected chi connectivity index (χ1v) is 7.03. The quantitative estimate of drug-likeness (QED) is 0.442. The lowest BCUT2D eigenvalue weighted by atomic mass is 9.98. The fraction of sp³-hybridized carbons (Fsp3) is 0. The monoisotopic (exact) mass is 324 g/mol. The van der Waals surface area contributed by atoms with Gasteiger partial charge in [-0.15, -0.1) is 0 Å². The van der Waals surface area contributed by atoms with Gasteiger partial charge in [-0.05, 0) is 34.7 Å². The highest BCUT2D eigenvalue weighted by molar-refractivity contribution is 6.48. The van der Waals surface area contributed by atoms with Crippen LogP contribution in [0.4, 0.5) is 4.39 Å². The summed E-state index contributed by atoms with van der Waals surface area (Å²) in [5, 5.41) is 2.37. The molecule has 3 aromatic rings. The zero-order valence-corrected chi connectivity index (χ0v) is 12.4. The molecule has 0 heterocycles. The molecule has 0 unspecified atom stereocenters. The highest BCUT2D eigenvalue weighted by atomic mass is 35.5. The second kappa shape index (κ2) is 5.25. The summed E-state index contributed by atoms with van der Waals surface area (Å²) in [4.78, 5) is 0. The maximum Gasteiger partial charge on any atom is 0.131 e. The Hall–Kier alpha value is -1.28. The molecule has 0 aliphatic rings. The third-order valence-corrected chi connectivity index (χ3v) is 4.35. The van der Waals surface area contributed by atoms with Crippen molar-refractivity contribution in [2.45, 2.75) is 0 Å². The average Bonchev–Trinajstić information content (AvgIpc) is 2.44. The van der Waals surface area contributed by atoms with Crippen molar-refractivity contribution in [3.8, 4) is 11.1 Å². The fourth-order valence-corrected chi connectivity index (χ4v) is 2.84. The second-order valence-corrected chi connectivity index (χ2v) is 5.59. The largest absolute Gasteiger partial charge is 0.206 e. The molecule has 100 valence electrons. The molecule has 0 aromatic heterocycles. The van der Waals surface area contributed by atoms with Crippen molar-refractivity contribution in [3.63, 3.8) is 0 Å². The third-order valence-electron chi connectivity index (χ3n) is 3.15. The minimum atomic E-state index is -0.278. The zero-order chi connectivity index (χ0) is 14.3. The molecule has 0 atom stereocenters. The number of rotatable bonds is 1. The van der Waals surface area contributed by atoms with Gasteiger partial charge in [-0.2, -0.15) is 0 Å². The van der Waals surface area contributed by atoms with E-state index in [1.54, 1.807) is 18.2 Å². The molecule has 0 bridgehead atoms. The summed E-state index contributed by atoms with van der Waals surface area (Å²) in [6.07, 6.45) is 0. The van der Waals surface area contributed by atoms with E-state index in [0.717, 1.165) is 16.5 Å². The van der Waals surface area contributed by atoms with Gasteiger partial charge in [-0.1, -0.05) is 65.1 Å². The highest BCUT2D eigenvalue weighted by Crippen LogP contribution is 2.37. The zero-order valence-electron chi connectivity index (χ0n) is 10.1. The maximum atomic E-state index is 14.1. The van der Waals surface area contributed by atoms with Crippen molar-refractivity contribution in [2.24, 2.45) is 0 Å². The molecule has 0 fully saturated rings. The number of hydrogen-bond acceptors (Lipinski definition) is 0. The summed E-state index contributed by atoms with van der Waals surface area (Å²) < 4.78 is 14.1. The van der Waals surface area contributed by atoms with Crippen molar-refractivity contribution in [2.75, 3.05) is 0 Å². The lowest BCUT2D eigenvalue weighted by Crippen LogP contribution is -1.86. The minimum Gasteiger partial charge on any atom is -0.206 e. The first kappa shape index (κ1) is 13.7. The van der Waals surface area contributed by atoms with Crippen LogP contribution >= 0.6 is 34.8 Å². The van der Waals surface area contributed by atoms with Crippen LogP contribution in [-0.4, -0.2) is 0 Å². The van der Waals surface area contributed by atoms with Gasteiger partial charge in [0.1, 0.15) is 5.82 Å². The van der Waals surface area contributed by atoms with Crippen molar-refractivity contribution in [3.05, 3.63) is 69.4 Å². The third kappa shape index (κ3) is 2.26. The molecule has 0 aliphatic heterocycles. The SMILES string of the molecule is Fc1cccc2cccc(-c3cc(Cl)c(Cl)c(Cl)c3)c12. The van der Waals surface area contributed by atoms with E-state index in [1.807, 2.05) is 24.3 Å². The van der Waals surface area contributed by atoms with Crippen molar-refractivity contribution < 1.29 is 4.39 Å². The molecule has 0 radical (unpaired) electrons. The lowest BCUT2D eigenvalue weighted by molar-refractivity contribution is 0.640. The molecule has 3 aromatic carbocycles. The van der Waals surface area contributed by atoms with Crippen LogP contribution in [0.15, 0.2) is 48.5 Å². The molecule has 0 spiro atoms. The Kier molecular flexibility index (Phi) is 3.59. The van der Waals surface area contributed by atoms with Crippen molar-refractivity contribution in [1.82, 2.24) is 0 Å². The Balaban J connectivity index is 2.35. The fourth-order valence-electron chi connectivity index (χ4n) is 2.25. The smallest absolute Gasteiger partial charge is 0.131 e. The summed E-state index contributed by atoms with van der Waals surface area (Å²) in [6.45, 7) is 0. The number of halogens is 4. The molecular weight excluding hydrogens is 318 g/mol. The van der Waals surface area contributed by atoms with Crippen LogP contribution in [0, 0.1) is 5.82 Å². The van der Waals surface area contributed by atoms with Gasteiger partial charge in [0.25, 0.3) is 0 Å². The second-order valence-electron chi connectivity index (χ2n) is 4.40. The summed E-state index contributed by atoms with van der Waals surface area (Å²) in [7, 11) is 0. The van der Waals surface area contributed by atoms with E-state index in [-0.39, 0.29) is 5.82 Å². The van der Waals surface area contributed by atoms with Gasteiger partial charge in [-0.25, -0.2) is 4.39 Å². The number of fused-ring (bicyclic) bond motifs is 1. The molecule has 4 heteroatoms. The number of hydrogen-bond donors (Lipinski definition) is 0. The van der Waals surface area contributed by atoms with Gasteiger partial charge in [0.15, 0.2) is 0 Å². The summed E-state index contributed by atoms with van der Waals surface area (Å²) in [6, 6.07) is 13.9. The molecular formula is C16H8Cl3F. The average molecular weight is 326 g/mol. The van der Waals surface area contributed by atoms with E-state index < -0.39 is 0 Å². The van der Waals surface area contributed by atoms with E-state index >= 15 is 0 Å². The predicted octanol–water partition coefficient (Wildman–Crippen LogP) is 6.61. The molecule has 3 rings (SSSR count). The van der Waals surface area contributed by atoms with E-state index in [4.69, 9.17) is 34.8 Å². The standard InChI is InChI=1S/C16H8Cl3F/c17-12-7-10(8-13(18)16(12)19)11-5-1-3-9-4-2-6-14(20)15(9)11/h1-8H. The Morgan fingerprint density at radius 2 is 1.40 bits per heavy atom. The Morgan fingerprint density at radius 1 is 0.800 bits per heavy atom. The van der Waals surface area contributed by atoms with Gasteiger partial charge in [0.05, 0.1) is 15.1 Å². The summed E-state index contributed by atoms with van der Waals surface area (Å²) in [5.74, 6) is -0.278. The van der Waals surface area contributed by atoms with Gasteiger partial charge < -0.3 is 0 Å². The van der Waals surface area contributed by atoms with Crippen LogP contribution in [0.3, 0.4) is 0 Å². The normalized spacial score (nSPS) is 11.0. The predicted molar refractivity (Wildman–Crippen MR) is 84.4 cm³/mol. The topological polar surface area (TPSA) is 0 Å². The summed E-state index contributed by atoms with van der Waals surface area (Å²) >= 11 is 18.0. The first-order valence-electron chi connectivity index (χ1n) is 5.90. The van der Waals surface area contributed by atoms with Crippen LogP contribution in [0.2, 0.25) is 15.1 Å². The van der Waals surface area contributed by atoms with Crippen molar-refractivity contribution >= 4 is 45.6 Å². The van der Waals surface area contributed by atoms with Crippen LogP contribution in [-0.2, 0) is 0 Å². The van der Waals surface area contributed by atoms with Gasteiger partial charge in [0, 0.05) is 5.39 Å². The molecule has 0 aliphatic carbocycles. The molecule has 20 heavy (non-hydrogen) atoms. The minimum absolute atomic E-state index is 0.278. The van der Waals surface area contributed by atoms with E-state index in [1.165, 1.54) is 6.07 Å². The molecule has 0 saturated heterocycles. The molecule has 0 saturated carbocycles. The maximum absolute atomic E-state index is 14.1. The van der Waals surface area contributed by atoms with Crippen molar-refractivity contribution in [1.29, 1.82) is 0 Å². The Morgan fingerprint density at radius 3 is 2.05 bits per heavy atom. The van der Waals surface area contributed by atoms with Gasteiger partial charge in [-0.3, -0.25) is 0 Å². The van der Waals surface area contributed by atoms with E-state index in [0.29, 0.717) is 20.5 Å². The molecule has 0 nitrogen and oxygen atoms in total. The Labute approximate surface area is 130 Å². The van der Waals surface area contributed by atoms with Gasteiger partial charge in [0.2, 0.25) is 0 Å². The Bertz CT molecular complexity index is 784.